The monoisotopic (exact) mass is 344 g/mol. The highest BCUT2D eigenvalue weighted by Crippen LogP contribution is 2.08. The normalized spacial score (nSPS) is 12.1. The van der Waals surface area contributed by atoms with Gasteiger partial charge in [0, 0.05) is 12.6 Å². The summed E-state index contributed by atoms with van der Waals surface area (Å²) in [5, 5.41) is 3.59. The van der Waals surface area contributed by atoms with Crippen molar-refractivity contribution in [2.75, 3.05) is 6.54 Å². The average molecular weight is 344 g/mol. The minimum atomic E-state index is -0.176. The highest BCUT2D eigenvalue weighted by molar-refractivity contribution is 5.77. The van der Waals surface area contributed by atoms with Gasteiger partial charge in [0.05, 0.1) is 17.4 Å². The van der Waals surface area contributed by atoms with Crippen molar-refractivity contribution in [1.82, 2.24) is 20.2 Å². The number of H-pyrrole nitrogens is 1. The Balaban J connectivity index is 2.03. The van der Waals surface area contributed by atoms with Crippen LogP contribution in [0, 0.1) is 0 Å². The van der Waals surface area contributed by atoms with E-state index in [9.17, 15) is 9.59 Å². The number of nitrogens with one attached hydrogen (secondary N) is 2. The molecule has 2 amide bonds. The van der Waals surface area contributed by atoms with E-state index in [2.05, 4.69) is 22.2 Å². The summed E-state index contributed by atoms with van der Waals surface area (Å²) in [5.41, 5.74) is 0.468. The molecule has 6 nitrogen and oxygen atoms in total. The van der Waals surface area contributed by atoms with E-state index in [1.165, 1.54) is 12.8 Å². The number of aromatic nitrogens is 2. The van der Waals surface area contributed by atoms with E-state index in [1.807, 2.05) is 26.0 Å². The van der Waals surface area contributed by atoms with E-state index in [0.29, 0.717) is 23.3 Å². The molecule has 1 aromatic carbocycles. The maximum absolute atomic E-state index is 12.5. The standard InChI is InChI=1S/C19H28N4O2/c1-4-6-7-10-14(3)20-19(25)23(5-2)13-17-21-16-12-9-8-11-15(16)18(24)22-17/h8-9,11-12,14H,4-7,10,13H2,1-3H3,(H,20,25)(H,21,22,24). The topological polar surface area (TPSA) is 78.1 Å². The number of unbranched alkanes of at least 4 members (excludes halogenated alkanes) is 2. The molecule has 2 rings (SSSR count). The number of carbonyl (C=O) groups excluding carboxylic acids is 1. The van der Waals surface area contributed by atoms with Crippen molar-refractivity contribution in [2.45, 2.75) is 59.0 Å². The molecule has 1 unspecified atom stereocenters. The molecule has 0 spiro atoms. The zero-order valence-electron chi connectivity index (χ0n) is 15.3. The van der Waals surface area contributed by atoms with Gasteiger partial charge >= 0.3 is 6.03 Å². The molecule has 0 bridgehead atoms. The fraction of sp³-hybridized carbons (Fsp3) is 0.526. The summed E-state index contributed by atoms with van der Waals surface area (Å²) in [7, 11) is 0. The molecule has 1 atom stereocenters. The maximum Gasteiger partial charge on any atom is 0.318 e. The predicted octanol–water partition coefficient (Wildman–Crippen LogP) is 3.42. The molecule has 0 aliphatic heterocycles. The van der Waals surface area contributed by atoms with Crippen LogP contribution in [-0.2, 0) is 6.54 Å². The van der Waals surface area contributed by atoms with Gasteiger partial charge in [0.15, 0.2) is 0 Å². The first-order valence-corrected chi connectivity index (χ1v) is 9.08. The van der Waals surface area contributed by atoms with Gasteiger partial charge in [-0.05, 0) is 32.4 Å². The van der Waals surface area contributed by atoms with E-state index in [-0.39, 0.29) is 24.2 Å². The van der Waals surface area contributed by atoms with Gasteiger partial charge in [0.25, 0.3) is 5.56 Å². The van der Waals surface area contributed by atoms with Crippen LogP contribution in [0.1, 0.15) is 52.3 Å². The molecule has 0 aliphatic carbocycles. The Labute approximate surface area is 148 Å². The van der Waals surface area contributed by atoms with Crippen molar-refractivity contribution in [3.63, 3.8) is 0 Å². The first-order valence-electron chi connectivity index (χ1n) is 9.08. The molecule has 0 radical (unpaired) electrons. The van der Waals surface area contributed by atoms with Crippen molar-refractivity contribution < 1.29 is 4.79 Å². The van der Waals surface area contributed by atoms with Gasteiger partial charge in [0.2, 0.25) is 0 Å². The molecular weight excluding hydrogens is 316 g/mol. The molecule has 2 aromatic rings. The number of aromatic amines is 1. The second-order valence-electron chi connectivity index (χ2n) is 6.39. The van der Waals surface area contributed by atoms with Crippen LogP contribution in [0.2, 0.25) is 0 Å². The van der Waals surface area contributed by atoms with Crippen molar-refractivity contribution in [3.8, 4) is 0 Å². The fourth-order valence-corrected chi connectivity index (χ4v) is 2.79. The Morgan fingerprint density at radius 1 is 1.28 bits per heavy atom. The van der Waals surface area contributed by atoms with Gasteiger partial charge in [0.1, 0.15) is 5.82 Å². The minimum Gasteiger partial charge on any atom is -0.336 e. The SMILES string of the molecule is CCCCCC(C)NC(=O)N(CC)Cc1nc2ccccc2c(=O)[nH]1. The second-order valence-corrected chi connectivity index (χ2v) is 6.39. The number of hydrogen-bond acceptors (Lipinski definition) is 3. The number of amides is 2. The van der Waals surface area contributed by atoms with E-state index in [1.54, 1.807) is 17.0 Å². The summed E-state index contributed by atoms with van der Waals surface area (Å²) >= 11 is 0. The highest BCUT2D eigenvalue weighted by atomic mass is 16.2. The quantitative estimate of drug-likeness (QED) is 0.720. The molecule has 0 saturated heterocycles. The second kappa shape index (κ2) is 9.20. The zero-order valence-corrected chi connectivity index (χ0v) is 15.3. The summed E-state index contributed by atoms with van der Waals surface area (Å²) in [5.74, 6) is 0.499. The van der Waals surface area contributed by atoms with Gasteiger partial charge < -0.3 is 15.2 Å². The van der Waals surface area contributed by atoms with E-state index < -0.39 is 0 Å². The molecule has 25 heavy (non-hydrogen) atoms. The fourth-order valence-electron chi connectivity index (χ4n) is 2.79. The molecule has 0 saturated carbocycles. The first kappa shape index (κ1) is 19.0. The Morgan fingerprint density at radius 3 is 2.76 bits per heavy atom. The lowest BCUT2D eigenvalue weighted by atomic mass is 10.1. The Kier molecular flexibility index (Phi) is 6.98. The molecule has 0 aliphatic rings. The lowest BCUT2D eigenvalue weighted by Gasteiger charge is -2.23. The number of para-hydroxylation sites is 1. The first-order chi connectivity index (χ1) is 12.0. The molecular formula is C19H28N4O2. The van der Waals surface area contributed by atoms with Crippen molar-refractivity contribution in [2.24, 2.45) is 0 Å². The lowest BCUT2D eigenvalue weighted by Crippen LogP contribution is -2.43. The van der Waals surface area contributed by atoms with Gasteiger partial charge in [-0.15, -0.1) is 0 Å². The molecule has 0 fully saturated rings. The third-order valence-electron chi connectivity index (χ3n) is 4.28. The summed E-state index contributed by atoms with van der Waals surface area (Å²) < 4.78 is 0. The van der Waals surface area contributed by atoms with Crippen LogP contribution < -0.4 is 10.9 Å². The lowest BCUT2D eigenvalue weighted by molar-refractivity contribution is 0.192. The average Bonchev–Trinajstić information content (AvgIpc) is 2.60. The summed E-state index contributed by atoms with van der Waals surface area (Å²) in [6, 6.07) is 7.22. The van der Waals surface area contributed by atoms with Gasteiger partial charge in [-0.3, -0.25) is 4.79 Å². The number of carbonyl (C=O) groups is 1. The van der Waals surface area contributed by atoms with Crippen molar-refractivity contribution >= 4 is 16.9 Å². The van der Waals surface area contributed by atoms with Crippen LogP contribution in [-0.4, -0.2) is 33.5 Å². The van der Waals surface area contributed by atoms with Gasteiger partial charge in [-0.25, -0.2) is 9.78 Å². The number of nitrogens with zero attached hydrogens (tertiary/aromatic N) is 2. The Hall–Kier alpha value is -2.37. The third-order valence-corrected chi connectivity index (χ3v) is 4.28. The van der Waals surface area contributed by atoms with Crippen LogP contribution in [0.15, 0.2) is 29.1 Å². The highest BCUT2D eigenvalue weighted by Gasteiger charge is 2.16. The minimum absolute atomic E-state index is 0.123. The zero-order chi connectivity index (χ0) is 18.2. The smallest absolute Gasteiger partial charge is 0.318 e. The van der Waals surface area contributed by atoms with E-state index >= 15 is 0 Å². The van der Waals surface area contributed by atoms with Crippen LogP contribution in [0.4, 0.5) is 4.79 Å². The Bertz CT molecular complexity index is 756. The summed E-state index contributed by atoms with van der Waals surface area (Å²) in [6.07, 6.45) is 4.44. The number of benzene rings is 1. The predicted molar refractivity (Wildman–Crippen MR) is 101 cm³/mol. The molecule has 2 N–H and O–H groups in total. The number of urea groups is 1. The number of hydrogen-bond donors (Lipinski definition) is 2. The van der Waals surface area contributed by atoms with Crippen molar-refractivity contribution in [1.29, 1.82) is 0 Å². The van der Waals surface area contributed by atoms with Crippen LogP contribution in [0.5, 0.6) is 0 Å². The van der Waals surface area contributed by atoms with Crippen molar-refractivity contribution in [3.05, 3.63) is 40.4 Å². The molecule has 1 heterocycles. The van der Waals surface area contributed by atoms with Crippen LogP contribution in [0.25, 0.3) is 10.9 Å². The number of fused-ring (bicyclic) bond motifs is 1. The van der Waals surface area contributed by atoms with Crippen LogP contribution in [0.3, 0.4) is 0 Å². The van der Waals surface area contributed by atoms with E-state index in [0.717, 1.165) is 12.8 Å². The van der Waals surface area contributed by atoms with Gasteiger partial charge in [-0.2, -0.15) is 0 Å². The molecule has 136 valence electrons. The third kappa shape index (κ3) is 5.31. The van der Waals surface area contributed by atoms with Gasteiger partial charge in [-0.1, -0.05) is 38.3 Å². The molecule has 1 aromatic heterocycles. The molecule has 6 heteroatoms. The Morgan fingerprint density at radius 2 is 2.04 bits per heavy atom. The summed E-state index contributed by atoms with van der Waals surface area (Å²) in [6.45, 7) is 6.94. The number of rotatable bonds is 8. The van der Waals surface area contributed by atoms with Crippen LogP contribution >= 0.6 is 0 Å². The largest absolute Gasteiger partial charge is 0.336 e. The van der Waals surface area contributed by atoms with E-state index in [4.69, 9.17) is 0 Å². The summed E-state index contributed by atoms with van der Waals surface area (Å²) in [4.78, 5) is 33.5. The maximum atomic E-state index is 12.5.